The molecule has 162 valence electrons. The fourth-order valence-corrected chi connectivity index (χ4v) is 4.58. The summed E-state index contributed by atoms with van der Waals surface area (Å²) >= 11 is 6.05. The zero-order valence-corrected chi connectivity index (χ0v) is 18.4. The van der Waals surface area contributed by atoms with Gasteiger partial charge in [0.1, 0.15) is 11.2 Å². The van der Waals surface area contributed by atoms with E-state index in [0.717, 1.165) is 36.4 Å². The van der Waals surface area contributed by atoms with Gasteiger partial charge in [-0.3, -0.25) is 9.69 Å². The summed E-state index contributed by atoms with van der Waals surface area (Å²) in [6.45, 7) is 7.36. The molecule has 0 bridgehead atoms. The molecule has 5 rings (SSSR count). The number of carbonyl (C=O) groups excluding carboxylic acids is 1. The predicted octanol–water partition coefficient (Wildman–Crippen LogP) is 3.36. The number of amides is 1. The molecule has 8 heteroatoms. The average molecular weight is 441 g/mol. The Labute approximate surface area is 185 Å². The molecule has 1 saturated heterocycles. The van der Waals surface area contributed by atoms with Gasteiger partial charge in [-0.05, 0) is 32.0 Å². The van der Waals surface area contributed by atoms with Crippen molar-refractivity contribution in [2.45, 2.75) is 32.4 Å². The molecule has 4 heterocycles. The van der Waals surface area contributed by atoms with Crippen LogP contribution in [0.4, 0.5) is 0 Å². The summed E-state index contributed by atoms with van der Waals surface area (Å²) in [6.07, 6.45) is 4.55. The number of halogens is 1. The van der Waals surface area contributed by atoms with Crippen molar-refractivity contribution < 1.29 is 14.6 Å². The summed E-state index contributed by atoms with van der Waals surface area (Å²) in [5.41, 5.74) is 2.72. The second kappa shape index (κ2) is 7.43. The quantitative estimate of drug-likeness (QED) is 0.676. The molecule has 3 aromatic rings. The number of pyridine rings is 1. The molecule has 0 aliphatic carbocycles. The number of imidazole rings is 1. The van der Waals surface area contributed by atoms with E-state index in [-0.39, 0.29) is 17.3 Å². The number of nitrogens with zero attached hydrogens (tertiary/aromatic N) is 4. The number of carbonyl (C=O) groups is 1. The Hall–Kier alpha value is -2.77. The van der Waals surface area contributed by atoms with Crippen LogP contribution in [0.2, 0.25) is 5.02 Å². The maximum absolute atomic E-state index is 13.1. The Morgan fingerprint density at radius 1 is 1.16 bits per heavy atom. The van der Waals surface area contributed by atoms with E-state index in [2.05, 4.69) is 9.88 Å². The van der Waals surface area contributed by atoms with Crippen LogP contribution in [0.1, 0.15) is 35.5 Å². The van der Waals surface area contributed by atoms with Crippen LogP contribution in [-0.2, 0) is 13.0 Å². The molecule has 1 fully saturated rings. The van der Waals surface area contributed by atoms with E-state index in [1.807, 2.05) is 48.8 Å². The van der Waals surface area contributed by atoms with Gasteiger partial charge in [0, 0.05) is 57.1 Å². The van der Waals surface area contributed by atoms with Crippen molar-refractivity contribution >= 4 is 23.2 Å². The molecule has 1 N–H and O–H groups in total. The van der Waals surface area contributed by atoms with E-state index in [1.54, 1.807) is 11.0 Å². The van der Waals surface area contributed by atoms with Crippen LogP contribution in [0, 0.1) is 0 Å². The molecular weight excluding hydrogens is 416 g/mol. The lowest BCUT2D eigenvalue weighted by Gasteiger charge is -2.34. The van der Waals surface area contributed by atoms with Crippen LogP contribution in [0.25, 0.3) is 5.65 Å². The second-order valence-corrected chi connectivity index (χ2v) is 9.34. The summed E-state index contributed by atoms with van der Waals surface area (Å²) in [5, 5.41) is 11.3. The summed E-state index contributed by atoms with van der Waals surface area (Å²) in [5.74, 6) is 0.246. The van der Waals surface area contributed by atoms with Gasteiger partial charge in [0.25, 0.3) is 5.91 Å². The number of aromatic hydroxyl groups is 1. The van der Waals surface area contributed by atoms with Crippen LogP contribution in [0.5, 0.6) is 11.5 Å². The third-order valence-corrected chi connectivity index (χ3v) is 6.17. The molecule has 0 saturated carbocycles. The Morgan fingerprint density at radius 2 is 1.94 bits per heavy atom. The fraction of sp³-hybridized carbons (Fsp3) is 0.391. The van der Waals surface area contributed by atoms with Gasteiger partial charge in [-0.25, -0.2) is 4.98 Å². The SMILES string of the molecule is CC1(C)Cc2ccc(C(=O)N3CCN(Cc4cn5cc(Cl)ccc5n4)CC3)c(O)c2O1. The first-order valence-electron chi connectivity index (χ1n) is 10.5. The van der Waals surface area contributed by atoms with Gasteiger partial charge in [-0.15, -0.1) is 0 Å². The van der Waals surface area contributed by atoms with Crippen molar-refractivity contribution in [2.75, 3.05) is 26.2 Å². The Morgan fingerprint density at radius 3 is 2.71 bits per heavy atom. The van der Waals surface area contributed by atoms with Gasteiger partial charge in [0.05, 0.1) is 16.3 Å². The molecule has 2 aliphatic rings. The fourth-order valence-electron chi connectivity index (χ4n) is 4.41. The van der Waals surface area contributed by atoms with E-state index in [4.69, 9.17) is 16.3 Å². The average Bonchev–Trinajstić information content (AvgIpc) is 3.27. The number of hydrogen-bond acceptors (Lipinski definition) is 5. The van der Waals surface area contributed by atoms with Gasteiger partial charge in [0.15, 0.2) is 11.5 Å². The topological polar surface area (TPSA) is 70.3 Å². The number of aromatic nitrogens is 2. The third-order valence-electron chi connectivity index (χ3n) is 5.95. The van der Waals surface area contributed by atoms with Crippen LogP contribution < -0.4 is 4.74 Å². The molecule has 2 aliphatic heterocycles. The molecule has 31 heavy (non-hydrogen) atoms. The molecule has 0 spiro atoms. The largest absolute Gasteiger partial charge is 0.504 e. The zero-order chi connectivity index (χ0) is 21.8. The first-order valence-corrected chi connectivity index (χ1v) is 10.9. The van der Waals surface area contributed by atoms with Gasteiger partial charge in [-0.2, -0.15) is 0 Å². The molecule has 0 radical (unpaired) electrons. The minimum atomic E-state index is -0.365. The number of fused-ring (bicyclic) bond motifs is 2. The van der Waals surface area contributed by atoms with E-state index in [0.29, 0.717) is 36.0 Å². The molecule has 2 aromatic heterocycles. The minimum absolute atomic E-state index is 0.0427. The third kappa shape index (κ3) is 3.83. The molecule has 1 amide bonds. The number of phenolic OH excluding ortho intramolecular Hbond substituents is 1. The summed E-state index contributed by atoms with van der Waals surface area (Å²) in [6, 6.07) is 7.34. The standard InChI is InChI=1S/C23H25ClN4O3/c1-23(2)11-15-3-5-18(20(29)21(15)31-23)22(30)27-9-7-26(8-10-27)13-17-14-28-12-16(24)4-6-19(28)25-17/h3-6,12,14,29H,7-11,13H2,1-2H3. The normalized spacial score (nSPS) is 18.2. The molecular formula is C23H25ClN4O3. The smallest absolute Gasteiger partial charge is 0.257 e. The van der Waals surface area contributed by atoms with Crippen LogP contribution in [0.3, 0.4) is 0 Å². The lowest BCUT2D eigenvalue weighted by molar-refractivity contribution is 0.0622. The summed E-state index contributed by atoms with van der Waals surface area (Å²) in [7, 11) is 0. The highest BCUT2D eigenvalue weighted by molar-refractivity contribution is 6.30. The number of piperazine rings is 1. The van der Waals surface area contributed by atoms with Crippen molar-refractivity contribution in [1.82, 2.24) is 19.2 Å². The Kier molecular flexibility index (Phi) is 4.83. The van der Waals surface area contributed by atoms with E-state index >= 15 is 0 Å². The number of phenols is 1. The maximum atomic E-state index is 13.1. The Bertz CT molecular complexity index is 1170. The van der Waals surface area contributed by atoms with Gasteiger partial charge in [-0.1, -0.05) is 17.7 Å². The monoisotopic (exact) mass is 440 g/mol. The van der Waals surface area contributed by atoms with E-state index in [9.17, 15) is 9.90 Å². The van der Waals surface area contributed by atoms with Crippen LogP contribution >= 0.6 is 11.6 Å². The van der Waals surface area contributed by atoms with Gasteiger partial charge < -0.3 is 19.1 Å². The first kappa shape index (κ1) is 20.2. The van der Waals surface area contributed by atoms with Gasteiger partial charge >= 0.3 is 0 Å². The van der Waals surface area contributed by atoms with Crippen molar-refractivity contribution in [3.05, 3.63) is 58.5 Å². The zero-order valence-electron chi connectivity index (χ0n) is 17.6. The van der Waals surface area contributed by atoms with Crippen molar-refractivity contribution in [3.8, 4) is 11.5 Å². The second-order valence-electron chi connectivity index (χ2n) is 8.90. The first-order chi connectivity index (χ1) is 14.8. The minimum Gasteiger partial charge on any atom is -0.504 e. The molecule has 0 unspecified atom stereocenters. The lowest BCUT2D eigenvalue weighted by atomic mass is 10.00. The molecule has 7 nitrogen and oxygen atoms in total. The predicted molar refractivity (Wildman–Crippen MR) is 118 cm³/mol. The van der Waals surface area contributed by atoms with Crippen molar-refractivity contribution in [3.63, 3.8) is 0 Å². The highest BCUT2D eigenvalue weighted by Crippen LogP contribution is 2.43. The lowest BCUT2D eigenvalue weighted by Crippen LogP contribution is -2.48. The van der Waals surface area contributed by atoms with Crippen molar-refractivity contribution in [1.29, 1.82) is 0 Å². The van der Waals surface area contributed by atoms with E-state index < -0.39 is 0 Å². The molecule has 0 atom stereocenters. The Balaban J connectivity index is 1.24. The maximum Gasteiger partial charge on any atom is 0.257 e. The summed E-state index contributed by atoms with van der Waals surface area (Å²) < 4.78 is 7.80. The number of rotatable bonds is 3. The van der Waals surface area contributed by atoms with Crippen LogP contribution in [0.15, 0.2) is 36.7 Å². The van der Waals surface area contributed by atoms with Crippen molar-refractivity contribution in [2.24, 2.45) is 0 Å². The molecule has 1 aromatic carbocycles. The number of ether oxygens (including phenoxy) is 1. The van der Waals surface area contributed by atoms with E-state index in [1.165, 1.54) is 0 Å². The van der Waals surface area contributed by atoms with Crippen LogP contribution in [-0.4, -0.2) is 62.0 Å². The number of benzene rings is 1. The van der Waals surface area contributed by atoms with Gasteiger partial charge in [0.2, 0.25) is 0 Å². The number of hydrogen-bond donors (Lipinski definition) is 1. The highest BCUT2D eigenvalue weighted by atomic mass is 35.5. The highest BCUT2D eigenvalue weighted by Gasteiger charge is 2.35. The summed E-state index contributed by atoms with van der Waals surface area (Å²) in [4.78, 5) is 21.8.